The third-order valence-corrected chi connectivity index (χ3v) is 12.9. The topological polar surface area (TPSA) is 8.17 Å². The van der Waals surface area contributed by atoms with Gasteiger partial charge in [-0.2, -0.15) is 0 Å². The fraction of sp³-hybridized carbons (Fsp3) is 0.138. The fourth-order valence-electron chi connectivity index (χ4n) is 9.71. The van der Waals surface area contributed by atoms with Crippen LogP contribution in [0, 0.1) is 11.8 Å². The zero-order valence-electron chi connectivity index (χ0n) is 34.9. The Morgan fingerprint density at radius 1 is 0.550 bits per heavy atom. The lowest BCUT2D eigenvalue weighted by atomic mass is 9.75. The number of nitrogens with zero attached hydrogens (tertiary/aromatic N) is 2. The van der Waals surface area contributed by atoms with Crippen LogP contribution in [0.2, 0.25) is 0 Å². The van der Waals surface area contributed by atoms with Crippen LogP contribution in [0.1, 0.15) is 46.1 Å². The first-order valence-electron chi connectivity index (χ1n) is 21.6. The first-order valence-corrected chi connectivity index (χ1v) is 21.6. The zero-order valence-corrected chi connectivity index (χ0v) is 34.9. The monoisotopic (exact) mass is 774 g/mol. The van der Waals surface area contributed by atoms with E-state index in [0.717, 1.165) is 29.9 Å². The Balaban J connectivity index is 1.14. The maximum atomic E-state index is 2.45. The molecule has 0 saturated carbocycles. The summed E-state index contributed by atoms with van der Waals surface area (Å²) < 4.78 is 2.45. The molecule has 7 aromatic carbocycles. The van der Waals surface area contributed by atoms with Crippen LogP contribution >= 0.6 is 0 Å². The molecular weight excluding hydrogens is 725 g/mol. The highest BCUT2D eigenvalue weighted by molar-refractivity contribution is 6.14. The Morgan fingerprint density at radius 2 is 1.18 bits per heavy atom. The van der Waals surface area contributed by atoms with E-state index in [1.807, 2.05) is 0 Å². The van der Waals surface area contributed by atoms with Crippen molar-refractivity contribution in [2.45, 2.75) is 40.5 Å². The molecule has 0 amide bonds. The first kappa shape index (κ1) is 37.4. The fourth-order valence-corrected chi connectivity index (χ4v) is 9.71. The Bertz CT molecular complexity index is 3120. The van der Waals surface area contributed by atoms with Crippen LogP contribution in [0.3, 0.4) is 0 Å². The lowest BCUT2D eigenvalue weighted by Crippen LogP contribution is -2.17. The van der Waals surface area contributed by atoms with Crippen molar-refractivity contribution in [3.05, 3.63) is 211 Å². The summed E-state index contributed by atoms with van der Waals surface area (Å²) >= 11 is 0. The molecule has 2 heteroatoms. The van der Waals surface area contributed by atoms with Crippen LogP contribution in [-0.2, 0) is 0 Å². The second-order valence-electron chi connectivity index (χ2n) is 16.4. The predicted octanol–water partition coefficient (Wildman–Crippen LogP) is 16.5. The molecule has 60 heavy (non-hydrogen) atoms. The lowest BCUT2D eigenvalue weighted by molar-refractivity contribution is 0.516. The second kappa shape index (κ2) is 15.7. The molecule has 0 bridgehead atoms. The van der Waals surface area contributed by atoms with Gasteiger partial charge in [0.2, 0.25) is 0 Å². The summed E-state index contributed by atoms with van der Waals surface area (Å²) in [5.74, 6) is 0.862. The molecule has 2 unspecified atom stereocenters. The number of benzene rings is 7. The van der Waals surface area contributed by atoms with Gasteiger partial charge in [0.1, 0.15) is 0 Å². The van der Waals surface area contributed by atoms with Crippen LogP contribution in [0.15, 0.2) is 205 Å². The Labute approximate surface area is 354 Å². The molecule has 0 spiro atoms. The van der Waals surface area contributed by atoms with Crippen molar-refractivity contribution >= 4 is 71.7 Å². The summed E-state index contributed by atoms with van der Waals surface area (Å²) in [5.41, 5.74) is 14.8. The molecule has 1 heterocycles. The van der Waals surface area contributed by atoms with E-state index in [2.05, 4.69) is 231 Å². The highest BCUT2D eigenvalue weighted by Gasteiger charge is 2.26. The van der Waals surface area contributed by atoms with Gasteiger partial charge in [-0.15, -0.1) is 0 Å². The average Bonchev–Trinajstić information content (AvgIpc) is 3.63. The number of allylic oxidation sites excluding steroid dienone is 12. The minimum absolute atomic E-state index is 0.411. The van der Waals surface area contributed by atoms with Gasteiger partial charge >= 0.3 is 0 Å². The minimum Gasteiger partial charge on any atom is -0.310 e. The summed E-state index contributed by atoms with van der Waals surface area (Å²) in [4.78, 5) is 2.42. The zero-order chi connectivity index (χ0) is 40.7. The molecule has 0 N–H and O–H groups in total. The maximum absolute atomic E-state index is 2.45. The van der Waals surface area contributed by atoms with E-state index >= 15 is 0 Å². The van der Waals surface area contributed by atoms with Crippen molar-refractivity contribution in [1.82, 2.24) is 4.57 Å². The third-order valence-electron chi connectivity index (χ3n) is 12.9. The van der Waals surface area contributed by atoms with Crippen LogP contribution < -0.4 is 4.90 Å². The summed E-state index contributed by atoms with van der Waals surface area (Å²) in [6.07, 6.45) is 20.4. The van der Waals surface area contributed by atoms with Crippen molar-refractivity contribution in [3.63, 3.8) is 0 Å². The van der Waals surface area contributed by atoms with Gasteiger partial charge in [-0.1, -0.05) is 153 Å². The van der Waals surface area contributed by atoms with E-state index in [9.17, 15) is 0 Å². The smallest absolute Gasteiger partial charge is 0.0561 e. The van der Waals surface area contributed by atoms with Gasteiger partial charge in [-0.25, -0.2) is 0 Å². The first-order chi connectivity index (χ1) is 29.5. The minimum atomic E-state index is 0.411. The Morgan fingerprint density at radius 3 is 1.90 bits per heavy atom. The number of hydrogen-bond acceptors (Lipinski definition) is 1. The van der Waals surface area contributed by atoms with Crippen molar-refractivity contribution in [2.75, 3.05) is 4.90 Å². The molecule has 8 aromatic rings. The lowest BCUT2D eigenvalue weighted by Gasteiger charge is -2.30. The molecule has 0 saturated heterocycles. The normalized spacial score (nSPS) is 17.1. The van der Waals surface area contributed by atoms with E-state index < -0.39 is 0 Å². The Hall–Kier alpha value is -6.90. The van der Waals surface area contributed by atoms with Crippen molar-refractivity contribution in [2.24, 2.45) is 11.8 Å². The van der Waals surface area contributed by atoms with E-state index in [1.165, 1.54) is 82.5 Å². The molecule has 2 atom stereocenters. The van der Waals surface area contributed by atoms with Gasteiger partial charge in [0, 0.05) is 33.5 Å². The van der Waals surface area contributed by atoms with Gasteiger partial charge in [-0.05, 0) is 148 Å². The SMILES string of the molecule is C/C=C\C1=CC(c2ccc(N(c3ccc(-c4cc5ccccc5c5ccccc45)cc3)c3ccc4c5ccccc5n(C5=CCCC=C5)c4c3)cc2)=C(/C=C\C)C(C)C1C. The van der Waals surface area contributed by atoms with E-state index in [-0.39, 0.29) is 0 Å². The highest BCUT2D eigenvalue weighted by Crippen LogP contribution is 2.44. The van der Waals surface area contributed by atoms with Crippen LogP contribution in [0.4, 0.5) is 17.1 Å². The number of aromatic nitrogens is 1. The number of hydrogen-bond donors (Lipinski definition) is 0. The molecule has 0 fully saturated rings. The standard InChI is InChI=1S/C58H50N2/c1-5-16-43-36-55(49(17-6-2)40(4)39(43)3)41-26-30-46(31-27-41)59(48-34-35-54-53-24-14-15-25-57(53)60(58(54)38-48)45-19-8-7-9-20-45)47-32-28-42(29-33-47)56-37-44-18-10-11-21-50(44)51-22-12-13-23-52(51)56/h5-6,8,10-40H,7,9H2,1-4H3/b16-5-,17-6-. The molecule has 10 rings (SSSR count). The number of fused-ring (bicyclic) bond motifs is 6. The van der Waals surface area contributed by atoms with E-state index in [1.54, 1.807) is 0 Å². The number of para-hydroxylation sites is 1. The van der Waals surface area contributed by atoms with Gasteiger partial charge < -0.3 is 9.47 Å². The highest BCUT2D eigenvalue weighted by atomic mass is 15.1. The molecule has 0 aliphatic heterocycles. The van der Waals surface area contributed by atoms with Gasteiger partial charge in [-0.3, -0.25) is 0 Å². The van der Waals surface area contributed by atoms with Crippen molar-refractivity contribution < 1.29 is 0 Å². The summed E-state index contributed by atoms with van der Waals surface area (Å²) in [7, 11) is 0. The van der Waals surface area contributed by atoms with Crippen molar-refractivity contribution in [1.29, 1.82) is 0 Å². The summed E-state index contributed by atoms with van der Waals surface area (Å²) in [6.45, 7) is 8.95. The molecule has 292 valence electrons. The molecule has 2 aliphatic rings. The Kier molecular flexibility index (Phi) is 9.78. The largest absolute Gasteiger partial charge is 0.310 e. The third kappa shape index (κ3) is 6.44. The molecule has 2 aliphatic carbocycles. The molecule has 0 radical (unpaired) electrons. The van der Waals surface area contributed by atoms with E-state index in [0.29, 0.717) is 11.8 Å². The molecular formula is C58H50N2. The van der Waals surface area contributed by atoms with Gasteiger partial charge in [0.25, 0.3) is 0 Å². The van der Waals surface area contributed by atoms with Gasteiger partial charge in [0.05, 0.1) is 11.0 Å². The quantitative estimate of drug-likeness (QED) is 0.140. The van der Waals surface area contributed by atoms with Crippen molar-refractivity contribution in [3.8, 4) is 11.1 Å². The summed E-state index contributed by atoms with van der Waals surface area (Å²) in [6, 6.07) is 54.1. The number of anilines is 3. The number of rotatable bonds is 8. The predicted molar refractivity (Wildman–Crippen MR) is 260 cm³/mol. The molecule has 1 aromatic heterocycles. The van der Waals surface area contributed by atoms with Gasteiger partial charge in [0.15, 0.2) is 0 Å². The van der Waals surface area contributed by atoms with Crippen LogP contribution in [0.5, 0.6) is 0 Å². The van der Waals surface area contributed by atoms with Crippen LogP contribution in [0.25, 0.3) is 65.7 Å². The van der Waals surface area contributed by atoms with E-state index in [4.69, 9.17) is 0 Å². The molecule has 2 nitrogen and oxygen atoms in total. The maximum Gasteiger partial charge on any atom is 0.0561 e. The average molecular weight is 775 g/mol. The van der Waals surface area contributed by atoms with Crippen LogP contribution in [-0.4, -0.2) is 4.57 Å². The second-order valence-corrected chi connectivity index (χ2v) is 16.4. The summed E-state index contributed by atoms with van der Waals surface area (Å²) in [5, 5.41) is 7.63.